The molecule has 1 saturated heterocycles. The molecular weight excluding hydrogens is 457 g/mol. The van der Waals surface area contributed by atoms with Gasteiger partial charge in [0.15, 0.2) is 5.82 Å². The van der Waals surface area contributed by atoms with Crippen molar-refractivity contribution < 1.29 is 9.18 Å². The Morgan fingerprint density at radius 1 is 1.17 bits per heavy atom. The molecule has 0 radical (unpaired) electrons. The van der Waals surface area contributed by atoms with E-state index < -0.39 is 0 Å². The highest BCUT2D eigenvalue weighted by molar-refractivity contribution is 5.90. The highest BCUT2D eigenvalue weighted by Crippen LogP contribution is 2.35. The monoisotopic (exact) mass is 493 g/mol. The second kappa shape index (κ2) is 11.2. The van der Waals surface area contributed by atoms with E-state index in [0.717, 1.165) is 55.6 Å². The van der Waals surface area contributed by atoms with Crippen LogP contribution >= 0.6 is 0 Å². The van der Waals surface area contributed by atoms with Gasteiger partial charge in [-0.1, -0.05) is 32.9 Å². The quantitative estimate of drug-likeness (QED) is 0.489. The number of tetrazole rings is 1. The van der Waals surface area contributed by atoms with Gasteiger partial charge in [-0.3, -0.25) is 0 Å². The van der Waals surface area contributed by atoms with Crippen molar-refractivity contribution in [2.45, 2.75) is 40.0 Å². The summed E-state index contributed by atoms with van der Waals surface area (Å²) in [4.78, 5) is 15.3. The van der Waals surface area contributed by atoms with Gasteiger partial charge in [-0.25, -0.2) is 13.9 Å². The van der Waals surface area contributed by atoms with Crippen LogP contribution in [0.5, 0.6) is 0 Å². The summed E-state index contributed by atoms with van der Waals surface area (Å²) in [5.74, 6) is 0.775. The molecule has 4 rings (SSSR count). The van der Waals surface area contributed by atoms with E-state index in [1.54, 1.807) is 11.7 Å². The van der Waals surface area contributed by atoms with E-state index in [-0.39, 0.29) is 17.3 Å². The van der Waals surface area contributed by atoms with Crippen LogP contribution in [0, 0.1) is 17.2 Å². The minimum atomic E-state index is -0.218. The molecule has 1 fully saturated rings. The van der Waals surface area contributed by atoms with E-state index in [1.807, 2.05) is 30.3 Å². The van der Waals surface area contributed by atoms with Crippen LogP contribution in [0.2, 0.25) is 0 Å². The van der Waals surface area contributed by atoms with Crippen LogP contribution in [0.4, 0.5) is 14.9 Å². The number of hydrogen-bond acceptors (Lipinski definition) is 5. The second-order valence-corrected chi connectivity index (χ2v) is 10.3. The Morgan fingerprint density at radius 2 is 1.94 bits per heavy atom. The van der Waals surface area contributed by atoms with Crippen LogP contribution in [-0.4, -0.2) is 57.3 Å². The summed E-state index contributed by atoms with van der Waals surface area (Å²) in [6.07, 6.45) is 2.79. The van der Waals surface area contributed by atoms with Crippen molar-refractivity contribution in [3.8, 4) is 11.4 Å². The van der Waals surface area contributed by atoms with Crippen molar-refractivity contribution in [1.82, 2.24) is 30.4 Å². The average molecular weight is 494 g/mol. The van der Waals surface area contributed by atoms with Gasteiger partial charge in [-0.2, -0.15) is 0 Å². The smallest absolute Gasteiger partial charge is 0.319 e. The molecule has 0 spiro atoms. The molecule has 2 N–H and O–H groups in total. The number of benzene rings is 2. The summed E-state index contributed by atoms with van der Waals surface area (Å²) < 4.78 is 14.8. The number of aromatic nitrogens is 4. The van der Waals surface area contributed by atoms with Crippen LogP contribution in [0.15, 0.2) is 42.5 Å². The average Bonchev–Trinajstić information content (AvgIpc) is 3.29. The number of piperidine rings is 1. The molecule has 1 unspecified atom stereocenters. The molecule has 1 aliphatic heterocycles. The fourth-order valence-electron chi connectivity index (χ4n) is 4.75. The first-order valence-corrected chi connectivity index (χ1v) is 12.6. The number of likely N-dealkylation sites (tertiary alicyclic amines) is 1. The van der Waals surface area contributed by atoms with Gasteiger partial charge in [-0.15, -0.1) is 5.10 Å². The molecule has 1 aromatic heterocycles. The number of nitrogens with zero attached hydrogens (tertiary/aromatic N) is 5. The Bertz CT molecular complexity index is 1180. The predicted octanol–water partition coefficient (Wildman–Crippen LogP) is 4.29. The molecule has 1 aliphatic rings. The van der Waals surface area contributed by atoms with Crippen LogP contribution in [0.3, 0.4) is 0 Å². The number of carbonyl (C=O) groups is 1. The van der Waals surface area contributed by atoms with Crippen molar-refractivity contribution in [1.29, 1.82) is 0 Å². The molecular formula is C27H36FN7O. The molecule has 2 aromatic carbocycles. The SMILES string of the molecule is CCc1cc(NC(=O)NCC2CN(CCc3ccc(F)cc3)CCC2(C)C)cc(-c2nnnn2C)c1. The Morgan fingerprint density at radius 3 is 2.64 bits per heavy atom. The van der Waals surface area contributed by atoms with E-state index in [1.165, 1.54) is 12.1 Å². The first-order chi connectivity index (χ1) is 17.2. The van der Waals surface area contributed by atoms with Crippen LogP contribution < -0.4 is 10.6 Å². The van der Waals surface area contributed by atoms with E-state index in [2.05, 4.69) is 51.8 Å². The Kier molecular flexibility index (Phi) is 7.98. The number of hydrogen-bond donors (Lipinski definition) is 2. The lowest BCUT2D eigenvalue weighted by molar-refractivity contribution is 0.0624. The number of carbonyl (C=O) groups excluding carboxylic acids is 1. The van der Waals surface area contributed by atoms with Crippen molar-refractivity contribution in [3.05, 3.63) is 59.4 Å². The number of amides is 2. The standard InChI is InChI=1S/C27H36FN7O/c1-5-19-14-21(25-31-32-33-34(25)4)16-24(15-19)30-26(36)29-17-22-18-35(13-11-27(22,2)3)12-10-20-6-8-23(28)9-7-20/h6-9,14-16,22H,5,10-13,17-18H2,1-4H3,(H2,29,30,36). The predicted molar refractivity (Wildman–Crippen MR) is 139 cm³/mol. The van der Waals surface area contributed by atoms with Gasteiger partial charge < -0.3 is 15.5 Å². The minimum Gasteiger partial charge on any atom is -0.338 e. The zero-order valence-corrected chi connectivity index (χ0v) is 21.6. The maximum Gasteiger partial charge on any atom is 0.319 e. The van der Waals surface area contributed by atoms with E-state index >= 15 is 0 Å². The first kappa shape index (κ1) is 25.8. The van der Waals surface area contributed by atoms with E-state index in [9.17, 15) is 9.18 Å². The number of nitrogens with one attached hydrogen (secondary N) is 2. The molecule has 192 valence electrons. The van der Waals surface area contributed by atoms with Gasteiger partial charge in [0.2, 0.25) is 0 Å². The Balaban J connectivity index is 1.34. The highest BCUT2D eigenvalue weighted by Gasteiger charge is 2.35. The fourth-order valence-corrected chi connectivity index (χ4v) is 4.75. The number of rotatable bonds is 8. The third-order valence-corrected chi connectivity index (χ3v) is 7.33. The minimum absolute atomic E-state index is 0.132. The van der Waals surface area contributed by atoms with Crippen LogP contribution in [0.25, 0.3) is 11.4 Å². The second-order valence-electron chi connectivity index (χ2n) is 10.3. The number of anilines is 1. The fraction of sp³-hybridized carbons (Fsp3) is 0.481. The van der Waals surface area contributed by atoms with Gasteiger partial charge in [0, 0.05) is 37.9 Å². The largest absolute Gasteiger partial charge is 0.338 e. The molecule has 1 atom stereocenters. The van der Waals surface area contributed by atoms with Crippen molar-refractivity contribution in [2.75, 3.05) is 31.5 Å². The zero-order valence-electron chi connectivity index (χ0n) is 21.6. The Labute approximate surface area is 212 Å². The molecule has 3 aromatic rings. The molecule has 0 bridgehead atoms. The van der Waals surface area contributed by atoms with Gasteiger partial charge in [0.1, 0.15) is 5.82 Å². The van der Waals surface area contributed by atoms with Crippen molar-refractivity contribution >= 4 is 11.7 Å². The number of halogens is 1. The van der Waals surface area contributed by atoms with Gasteiger partial charge >= 0.3 is 6.03 Å². The molecule has 9 heteroatoms. The normalized spacial score (nSPS) is 17.6. The molecule has 36 heavy (non-hydrogen) atoms. The van der Waals surface area contributed by atoms with Gasteiger partial charge in [0.25, 0.3) is 0 Å². The lowest BCUT2D eigenvalue weighted by atomic mass is 9.73. The van der Waals surface area contributed by atoms with Crippen molar-refractivity contribution in [3.63, 3.8) is 0 Å². The first-order valence-electron chi connectivity index (χ1n) is 12.6. The van der Waals surface area contributed by atoms with Gasteiger partial charge in [-0.05, 0) is 89.0 Å². The maximum atomic E-state index is 13.2. The van der Waals surface area contributed by atoms with Crippen molar-refractivity contribution in [2.24, 2.45) is 18.4 Å². The molecule has 2 heterocycles. The van der Waals surface area contributed by atoms with E-state index in [0.29, 0.717) is 24.0 Å². The van der Waals surface area contributed by atoms with Crippen LogP contribution in [0.1, 0.15) is 38.3 Å². The summed E-state index contributed by atoms with van der Waals surface area (Å²) >= 11 is 0. The lowest BCUT2D eigenvalue weighted by Crippen LogP contribution is -2.50. The third-order valence-electron chi connectivity index (χ3n) is 7.33. The molecule has 0 aliphatic carbocycles. The third kappa shape index (κ3) is 6.46. The molecule has 0 saturated carbocycles. The maximum absolute atomic E-state index is 13.2. The lowest BCUT2D eigenvalue weighted by Gasteiger charge is -2.44. The summed E-state index contributed by atoms with van der Waals surface area (Å²) in [6, 6.07) is 12.4. The summed E-state index contributed by atoms with van der Waals surface area (Å²) in [6.45, 7) is 10.1. The summed E-state index contributed by atoms with van der Waals surface area (Å²) in [7, 11) is 1.79. The topological polar surface area (TPSA) is 88.0 Å². The highest BCUT2D eigenvalue weighted by atomic mass is 19.1. The van der Waals surface area contributed by atoms with E-state index in [4.69, 9.17) is 0 Å². The number of urea groups is 1. The summed E-state index contributed by atoms with van der Waals surface area (Å²) in [5, 5.41) is 17.8. The van der Waals surface area contributed by atoms with Crippen LogP contribution in [-0.2, 0) is 19.9 Å². The Hall–Kier alpha value is -3.33. The summed E-state index contributed by atoms with van der Waals surface area (Å²) in [5.41, 5.74) is 3.95. The van der Waals surface area contributed by atoms with Gasteiger partial charge in [0.05, 0.1) is 0 Å². The molecule has 2 amide bonds. The number of aryl methyl sites for hydroxylation is 2. The molecule has 8 nitrogen and oxygen atoms in total. The zero-order chi connectivity index (χ0) is 25.7.